The van der Waals surface area contributed by atoms with Crippen LogP contribution in [0.4, 0.5) is 0 Å². The smallest absolute Gasteiger partial charge is 0.0135 e. The van der Waals surface area contributed by atoms with Crippen LogP contribution in [0.25, 0.3) is 0 Å². The van der Waals surface area contributed by atoms with Gasteiger partial charge in [0.05, 0.1) is 0 Å². The molecule has 88 valence electrons. The lowest BCUT2D eigenvalue weighted by Gasteiger charge is -2.16. The molecule has 0 heterocycles. The van der Waals surface area contributed by atoms with Crippen molar-refractivity contribution < 1.29 is 0 Å². The van der Waals surface area contributed by atoms with E-state index in [1.807, 2.05) is 0 Å². The van der Waals surface area contributed by atoms with E-state index < -0.39 is 0 Å². The molecule has 1 aliphatic carbocycles. The maximum Gasteiger partial charge on any atom is 0.0135 e. The van der Waals surface area contributed by atoms with Gasteiger partial charge in [0.2, 0.25) is 0 Å². The molecule has 1 aromatic carbocycles. The Bertz CT molecular complexity index is 349. The number of rotatable bonds is 4. The third-order valence-corrected chi connectivity index (χ3v) is 3.80. The Hall–Kier alpha value is -0.820. The van der Waals surface area contributed by atoms with Gasteiger partial charge in [-0.15, -0.1) is 0 Å². The molecular weight excluding hydrogens is 194 g/mol. The first-order chi connectivity index (χ1) is 7.60. The van der Waals surface area contributed by atoms with E-state index in [2.05, 4.69) is 51.3 Å². The van der Waals surface area contributed by atoms with Crippen LogP contribution in [0.1, 0.15) is 30.0 Å². The predicted octanol–water partition coefficient (Wildman–Crippen LogP) is 3.09. The summed E-state index contributed by atoms with van der Waals surface area (Å²) in [6.45, 7) is 6.73. The first-order valence-corrected chi connectivity index (χ1v) is 6.34. The molecule has 1 N–H and O–H groups in total. The van der Waals surface area contributed by atoms with Crippen molar-refractivity contribution in [3.8, 4) is 0 Å². The van der Waals surface area contributed by atoms with E-state index in [1.54, 1.807) is 0 Å². The molecule has 1 nitrogen and oxygen atoms in total. The molecule has 3 atom stereocenters. The van der Waals surface area contributed by atoms with E-state index in [9.17, 15) is 0 Å². The topological polar surface area (TPSA) is 12.0 Å². The van der Waals surface area contributed by atoms with Crippen molar-refractivity contribution >= 4 is 0 Å². The summed E-state index contributed by atoms with van der Waals surface area (Å²) in [6.07, 6.45) is 2.57. The van der Waals surface area contributed by atoms with E-state index in [0.29, 0.717) is 6.04 Å². The van der Waals surface area contributed by atoms with E-state index in [1.165, 1.54) is 29.5 Å². The zero-order valence-electron chi connectivity index (χ0n) is 10.9. The van der Waals surface area contributed by atoms with Crippen LogP contribution in [0.2, 0.25) is 0 Å². The van der Waals surface area contributed by atoms with Crippen molar-refractivity contribution in [1.29, 1.82) is 0 Å². The lowest BCUT2D eigenvalue weighted by Crippen LogP contribution is -2.30. The van der Waals surface area contributed by atoms with Gasteiger partial charge in [-0.1, -0.05) is 36.2 Å². The van der Waals surface area contributed by atoms with Crippen LogP contribution in [0, 0.1) is 25.7 Å². The number of aryl methyl sites for hydroxylation is 2. The molecule has 1 fully saturated rings. The third kappa shape index (κ3) is 2.65. The highest BCUT2D eigenvalue weighted by Crippen LogP contribution is 2.41. The van der Waals surface area contributed by atoms with Gasteiger partial charge in [-0.2, -0.15) is 0 Å². The molecule has 16 heavy (non-hydrogen) atoms. The van der Waals surface area contributed by atoms with E-state index in [4.69, 9.17) is 0 Å². The SMILES string of the molecule is CNC(Cc1cc(C)cc(C)c1)C1CC1C. The molecule has 2 rings (SSSR count). The van der Waals surface area contributed by atoms with Crippen molar-refractivity contribution in [2.45, 2.75) is 39.7 Å². The van der Waals surface area contributed by atoms with Crippen LogP contribution in [0.3, 0.4) is 0 Å². The van der Waals surface area contributed by atoms with Crippen molar-refractivity contribution in [1.82, 2.24) is 5.32 Å². The summed E-state index contributed by atoms with van der Waals surface area (Å²) >= 11 is 0. The number of likely N-dealkylation sites (N-methyl/N-ethyl adjacent to an activating group) is 1. The highest BCUT2D eigenvalue weighted by Gasteiger charge is 2.38. The second-order valence-electron chi connectivity index (χ2n) is 5.47. The Morgan fingerprint density at radius 3 is 2.25 bits per heavy atom. The lowest BCUT2D eigenvalue weighted by molar-refractivity contribution is 0.479. The van der Waals surface area contributed by atoms with Gasteiger partial charge in [0.15, 0.2) is 0 Å². The summed E-state index contributed by atoms with van der Waals surface area (Å²) in [5.74, 6) is 1.81. The molecule has 0 saturated heterocycles. The molecule has 0 spiro atoms. The van der Waals surface area contributed by atoms with Gasteiger partial charge in [-0.25, -0.2) is 0 Å². The third-order valence-electron chi connectivity index (χ3n) is 3.80. The Morgan fingerprint density at radius 1 is 1.25 bits per heavy atom. The fourth-order valence-electron chi connectivity index (χ4n) is 2.82. The number of hydrogen-bond acceptors (Lipinski definition) is 1. The number of hydrogen-bond donors (Lipinski definition) is 1. The monoisotopic (exact) mass is 217 g/mol. The normalized spacial score (nSPS) is 25.5. The van der Waals surface area contributed by atoms with Crippen LogP contribution >= 0.6 is 0 Å². The highest BCUT2D eigenvalue weighted by atomic mass is 14.9. The zero-order chi connectivity index (χ0) is 11.7. The van der Waals surface area contributed by atoms with Gasteiger partial charge in [0.25, 0.3) is 0 Å². The Balaban J connectivity index is 2.06. The van der Waals surface area contributed by atoms with Crippen LogP contribution < -0.4 is 5.32 Å². The quantitative estimate of drug-likeness (QED) is 0.817. The van der Waals surface area contributed by atoms with Crippen LogP contribution in [-0.4, -0.2) is 13.1 Å². The maximum absolute atomic E-state index is 3.48. The first kappa shape index (κ1) is 11.7. The van der Waals surface area contributed by atoms with Crippen LogP contribution in [0.5, 0.6) is 0 Å². The average Bonchev–Trinajstić information content (AvgIpc) is 2.90. The molecule has 3 unspecified atom stereocenters. The molecule has 0 aliphatic heterocycles. The fraction of sp³-hybridized carbons (Fsp3) is 0.600. The summed E-state index contributed by atoms with van der Waals surface area (Å²) in [5.41, 5.74) is 4.25. The summed E-state index contributed by atoms with van der Waals surface area (Å²) < 4.78 is 0. The van der Waals surface area contributed by atoms with Crippen molar-refractivity contribution in [2.24, 2.45) is 11.8 Å². The molecule has 0 bridgehead atoms. The summed E-state index contributed by atoms with van der Waals surface area (Å²) in [6, 6.07) is 7.56. The Labute approximate surface area is 99.3 Å². The molecular formula is C15H23N. The number of nitrogens with one attached hydrogen (secondary N) is 1. The summed E-state index contributed by atoms with van der Waals surface area (Å²) in [5, 5.41) is 3.48. The molecule has 0 aromatic heterocycles. The van der Waals surface area contributed by atoms with Gasteiger partial charge in [0.1, 0.15) is 0 Å². The first-order valence-electron chi connectivity index (χ1n) is 6.34. The molecule has 1 saturated carbocycles. The number of benzene rings is 1. The average molecular weight is 217 g/mol. The van der Waals surface area contributed by atoms with Crippen LogP contribution in [0.15, 0.2) is 18.2 Å². The van der Waals surface area contributed by atoms with Crippen molar-refractivity contribution in [3.63, 3.8) is 0 Å². The van der Waals surface area contributed by atoms with Gasteiger partial charge >= 0.3 is 0 Å². The minimum Gasteiger partial charge on any atom is -0.316 e. The summed E-state index contributed by atoms with van der Waals surface area (Å²) in [7, 11) is 2.10. The Kier molecular flexibility index (Phi) is 3.34. The molecule has 1 heteroatoms. The Morgan fingerprint density at radius 2 is 1.81 bits per heavy atom. The second kappa shape index (κ2) is 4.58. The maximum atomic E-state index is 3.48. The summed E-state index contributed by atoms with van der Waals surface area (Å²) in [4.78, 5) is 0. The lowest BCUT2D eigenvalue weighted by atomic mass is 9.98. The van der Waals surface area contributed by atoms with Crippen molar-refractivity contribution in [2.75, 3.05) is 7.05 Å². The highest BCUT2D eigenvalue weighted by molar-refractivity contribution is 5.29. The molecule has 0 amide bonds. The predicted molar refractivity (Wildman–Crippen MR) is 69.7 cm³/mol. The van der Waals surface area contributed by atoms with Crippen molar-refractivity contribution in [3.05, 3.63) is 34.9 Å². The molecule has 0 radical (unpaired) electrons. The van der Waals surface area contributed by atoms with E-state index in [-0.39, 0.29) is 0 Å². The van der Waals surface area contributed by atoms with Gasteiger partial charge in [0, 0.05) is 6.04 Å². The largest absolute Gasteiger partial charge is 0.316 e. The van der Waals surface area contributed by atoms with E-state index >= 15 is 0 Å². The van der Waals surface area contributed by atoms with Gasteiger partial charge in [-0.3, -0.25) is 0 Å². The second-order valence-corrected chi connectivity index (χ2v) is 5.47. The minimum absolute atomic E-state index is 0.663. The minimum atomic E-state index is 0.663. The van der Waals surface area contributed by atoms with Gasteiger partial charge < -0.3 is 5.32 Å². The fourth-order valence-corrected chi connectivity index (χ4v) is 2.82. The van der Waals surface area contributed by atoms with Crippen LogP contribution in [-0.2, 0) is 6.42 Å². The van der Waals surface area contributed by atoms with Gasteiger partial charge in [-0.05, 0) is 51.1 Å². The zero-order valence-corrected chi connectivity index (χ0v) is 10.9. The standard InChI is InChI=1S/C15H23N/c1-10-5-11(2)7-13(6-10)9-15(16-4)14-8-12(14)3/h5-7,12,14-16H,8-9H2,1-4H3. The molecule has 1 aliphatic rings. The molecule has 1 aromatic rings. The van der Waals surface area contributed by atoms with E-state index in [0.717, 1.165) is 11.8 Å².